The predicted molar refractivity (Wildman–Crippen MR) is 50.3 cm³/mol. The first-order chi connectivity index (χ1) is 5.25. The second-order valence-corrected chi connectivity index (χ2v) is 3.54. The predicted octanol–water partition coefficient (Wildman–Crippen LogP) is 2.40. The van der Waals surface area contributed by atoms with Gasteiger partial charge >= 0.3 is 0 Å². The monoisotopic (exact) mass is 236 g/mol. The Hall–Kier alpha value is -0.0200. The molecule has 4 heteroatoms. The average Bonchev–Trinajstić information content (AvgIpc) is 2.29. The topological polar surface area (TPSA) is 17.8 Å². The van der Waals surface area contributed by atoms with Crippen molar-refractivity contribution in [2.24, 2.45) is 7.05 Å². The Morgan fingerprint density at radius 2 is 2.45 bits per heavy atom. The van der Waals surface area contributed by atoms with Crippen LogP contribution in [0.2, 0.25) is 5.15 Å². The summed E-state index contributed by atoms with van der Waals surface area (Å²) in [6.45, 7) is 0. The van der Waals surface area contributed by atoms with E-state index in [0.29, 0.717) is 5.15 Å². The van der Waals surface area contributed by atoms with Crippen molar-refractivity contribution in [3.63, 3.8) is 0 Å². The van der Waals surface area contributed by atoms with Crippen LogP contribution in [0.5, 0.6) is 0 Å². The van der Waals surface area contributed by atoms with Gasteiger partial charge in [-0.3, -0.25) is 0 Å². The second-order valence-electron chi connectivity index (χ2n) is 2.39. The molecule has 0 aliphatic rings. The van der Waals surface area contributed by atoms with Crippen molar-refractivity contribution in [1.29, 1.82) is 0 Å². The molecule has 0 aromatic carbocycles. The first-order valence-electron chi connectivity index (χ1n) is 3.47. The van der Waals surface area contributed by atoms with E-state index in [4.69, 9.17) is 11.6 Å². The molecule has 0 atom stereocenters. The lowest BCUT2D eigenvalue weighted by Gasteiger charge is -1.99. The van der Waals surface area contributed by atoms with Crippen LogP contribution >= 0.6 is 27.5 Å². The highest BCUT2D eigenvalue weighted by atomic mass is 79.9. The number of imidazole rings is 1. The fourth-order valence-electron chi connectivity index (χ4n) is 0.941. The van der Waals surface area contributed by atoms with E-state index < -0.39 is 0 Å². The Morgan fingerprint density at radius 3 is 2.91 bits per heavy atom. The second kappa shape index (κ2) is 4.12. The largest absolute Gasteiger partial charge is 0.336 e. The highest BCUT2D eigenvalue weighted by Crippen LogP contribution is 2.14. The number of rotatable bonds is 3. The molecule has 0 bridgehead atoms. The van der Waals surface area contributed by atoms with Crippen molar-refractivity contribution in [3.8, 4) is 0 Å². The van der Waals surface area contributed by atoms with E-state index in [9.17, 15) is 0 Å². The van der Waals surface area contributed by atoms with E-state index >= 15 is 0 Å². The van der Waals surface area contributed by atoms with Gasteiger partial charge in [-0.1, -0.05) is 27.5 Å². The third-order valence-corrected chi connectivity index (χ3v) is 2.43. The van der Waals surface area contributed by atoms with Crippen molar-refractivity contribution in [1.82, 2.24) is 9.55 Å². The minimum Gasteiger partial charge on any atom is -0.336 e. The standard InChI is InChI=1S/C7H10BrClN2/c1-11-5-10-7(9)6(11)3-2-4-8/h5H,2-4H2,1H3. The van der Waals surface area contributed by atoms with Crippen LogP contribution in [0, 0.1) is 0 Å². The molecule has 0 saturated carbocycles. The van der Waals surface area contributed by atoms with Gasteiger partial charge in [-0.25, -0.2) is 4.98 Å². The minimum absolute atomic E-state index is 0.633. The highest BCUT2D eigenvalue weighted by Gasteiger charge is 2.04. The maximum Gasteiger partial charge on any atom is 0.150 e. The number of alkyl halides is 1. The highest BCUT2D eigenvalue weighted by molar-refractivity contribution is 9.09. The molecule has 0 spiro atoms. The van der Waals surface area contributed by atoms with Crippen molar-refractivity contribution in [2.45, 2.75) is 12.8 Å². The third kappa shape index (κ3) is 2.20. The summed E-state index contributed by atoms with van der Waals surface area (Å²) in [7, 11) is 1.96. The number of nitrogens with zero attached hydrogens (tertiary/aromatic N) is 2. The van der Waals surface area contributed by atoms with Crippen molar-refractivity contribution < 1.29 is 0 Å². The summed E-state index contributed by atoms with van der Waals surface area (Å²) in [5, 5.41) is 1.64. The zero-order valence-electron chi connectivity index (χ0n) is 6.35. The number of hydrogen-bond acceptors (Lipinski definition) is 1. The summed E-state index contributed by atoms with van der Waals surface area (Å²) >= 11 is 9.21. The van der Waals surface area contributed by atoms with Crippen molar-refractivity contribution in [2.75, 3.05) is 5.33 Å². The normalized spacial score (nSPS) is 10.5. The maximum atomic E-state index is 5.83. The van der Waals surface area contributed by atoms with Gasteiger partial charge < -0.3 is 4.57 Å². The molecule has 0 amide bonds. The van der Waals surface area contributed by atoms with Crippen LogP contribution in [0.15, 0.2) is 6.33 Å². The Bertz CT molecular complexity index is 215. The van der Waals surface area contributed by atoms with Crippen molar-refractivity contribution in [3.05, 3.63) is 17.2 Å². The molecule has 2 nitrogen and oxygen atoms in total. The van der Waals surface area contributed by atoms with Crippen molar-refractivity contribution >= 4 is 27.5 Å². The average molecular weight is 238 g/mol. The first-order valence-corrected chi connectivity index (χ1v) is 4.97. The molecule has 0 radical (unpaired) electrons. The smallest absolute Gasteiger partial charge is 0.150 e. The summed E-state index contributed by atoms with van der Waals surface area (Å²) in [6.07, 6.45) is 3.83. The quantitative estimate of drug-likeness (QED) is 0.738. The Kier molecular flexibility index (Phi) is 3.40. The van der Waals surface area contributed by atoms with Gasteiger partial charge in [-0.15, -0.1) is 0 Å². The number of aromatic nitrogens is 2. The number of hydrogen-bond donors (Lipinski definition) is 0. The molecule has 62 valence electrons. The van der Waals surface area contributed by atoms with Crippen LogP contribution in [-0.2, 0) is 13.5 Å². The Morgan fingerprint density at radius 1 is 1.73 bits per heavy atom. The maximum absolute atomic E-state index is 5.83. The lowest BCUT2D eigenvalue weighted by atomic mass is 10.3. The first kappa shape index (κ1) is 9.07. The van der Waals surface area contributed by atoms with Gasteiger partial charge in [-0.05, 0) is 12.8 Å². The van der Waals surface area contributed by atoms with Gasteiger partial charge in [0.2, 0.25) is 0 Å². The van der Waals surface area contributed by atoms with Gasteiger partial charge in [0, 0.05) is 12.4 Å². The molecular formula is C7H10BrClN2. The fraction of sp³-hybridized carbons (Fsp3) is 0.571. The molecule has 1 aromatic rings. The Labute approximate surface area is 79.7 Å². The summed E-state index contributed by atoms with van der Waals surface area (Å²) in [5.74, 6) is 0. The van der Waals surface area contributed by atoms with Crippen LogP contribution in [0.3, 0.4) is 0 Å². The molecular weight excluding hydrogens is 227 g/mol. The summed E-state index contributed by atoms with van der Waals surface area (Å²) in [5.41, 5.74) is 1.12. The van der Waals surface area contributed by atoms with E-state index in [1.54, 1.807) is 6.33 Å². The summed E-state index contributed by atoms with van der Waals surface area (Å²) in [6, 6.07) is 0. The number of aryl methyl sites for hydroxylation is 1. The van der Waals surface area contributed by atoms with Crippen LogP contribution in [0.25, 0.3) is 0 Å². The van der Waals surface area contributed by atoms with E-state index in [1.165, 1.54) is 0 Å². The molecule has 0 aliphatic heterocycles. The summed E-state index contributed by atoms with van der Waals surface area (Å²) < 4.78 is 1.96. The van der Waals surface area contributed by atoms with Crippen LogP contribution < -0.4 is 0 Å². The van der Waals surface area contributed by atoms with Crippen LogP contribution in [-0.4, -0.2) is 14.9 Å². The SMILES string of the molecule is Cn1cnc(Cl)c1CCCBr. The minimum atomic E-state index is 0.633. The molecule has 0 aliphatic carbocycles. The van der Waals surface area contributed by atoms with E-state index in [1.807, 2.05) is 11.6 Å². The van der Waals surface area contributed by atoms with Crippen LogP contribution in [0.4, 0.5) is 0 Å². The zero-order valence-corrected chi connectivity index (χ0v) is 8.69. The molecule has 0 unspecified atom stereocenters. The zero-order chi connectivity index (χ0) is 8.27. The van der Waals surface area contributed by atoms with Gasteiger partial charge in [0.05, 0.1) is 12.0 Å². The van der Waals surface area contributed by atoms with Gasteiger partial charge in [0.1, 0.15) is 5.15 Å². The van der Waals surface area contributed by atoms with Gasteiger partial charge in [-0.2, -0.15) is 0 Å². The lowest BCUT2D eigenvalue weighted by Crippen LogP contribution is -1.95. The molecule has 1 heterocycles. The molecule has 0 saturated heterocycles. The summed E-state index contributed by atoms with van der Waals surface area (Å²) in [4.78, 5) is 3.98. The molecule has 0 N–H and O–H groups in total. The third-order valence-electron chi connectivity index (χ3n) is 1.56. The van der Waals surface area contributed by atoms with E-state index in [2.05, 4.69) is 20.9 Å². The van der Waals surface area contributed by atoms with E-state index in [-0.39, 0.29) is 0 Å². The van der Waals surface area contributed by atoms with Gasteiger partial charge in [0.15, 0.2) is 0 Å². The van der Waals surface area contributed by atoms with Crippen LogP contribution in [0.1, 0.15) is 12.1 Å². The molecule has 0 fully saturated rings. The Balaban J connectivity index is 2.67. The molecule has 1 aromatic heterocycles. The number of halogens is 2. The fourth-order valence-corrected chi connectivity index (χ4v) is 1.49. The van der Waals surface area contributed by atoms with Gasteiger partial charge in [0.25, 0.3) is 0 Å². The lowest BCUT2D eigenvalue weighted by molar-refractivity contribution is 0.791. The van der Waals surface area contributed by atoms with E-state index in [0.717, 1.165) is 23.9 Å². The molecule has 11 heavy (non-hydrogen) atoms. The molecule has 1 rings (SSSR count).